The largest absolute Gasteiger partial charge is 0.354 e. The fraction of sp³-hybridized carbons (Fsp3) is 0.261. The second kappa shape index (κ2) is 8.07. The van der Waals surface area contributed by atoms with Crippen molar-refractivity contribution in [2.45, 2.75) is 19.4 Å². The summed E-state index contributed by atoms with van der Waals surface area (Å²) < 4.78 is 3.15. The third-order valence-electron chi connectivity index (χ3n) is 5.66. The molecule has 4 aromatic rings. The summed E-state index contributed by atoms with van der Waals surface area (Å²) in [6, 6.07) is 16.1. The molecule has 4 heterocycles. The van der Waals surface area contributed by atoms with Gasteiger partial charge in [-0.1, -0.05) is 28.1 Å². The maximum absolute atomic E-state index is 12.9. The Morgan fingerprint density at radius 3 is 2.97 bits per heavy atom. The van der Waals surface area contributed by atoms with Gasteiger partial charge in [0.15, 0.2) is 11.5 Å². The monoisotopic (exact) mass is 463 g/mol. The fourth-order valence-electron chi connectivity index (χ4n) is 4.19. The molecule has 7 heteroatoms. The van der Waals surface area contributed by atoms with Gasteiger partial charge in [-0.2, -0.15) is 0 Å². The molecule has 0 spiro atoms. The zero-order valence-corrected chi connectivity index (χ0v) is 18.0. The molecule has 1 atom stereocenters. The molecule has 1 aliphatic rings. The van der Waals surface area contributed by atoms with E-state index in [4.69, 9.17) is 4.98 Å². The lowest BCUT2D eigenvalue weighted by atomic mass is 9.97. The van der Waals surface area contributed by atoms with E-state index in [-0.39, 0.29) is 11.8 Å². The van der Waals surface area contributed by atoms with Crippen LogP contribution in [0.15, 0.2) is 65.4 Å². The Bertz CT molecular complexity index is 1220. The number of amides is 1. The predicted octanol–water partition coefficient (Wildman–Crippen LogP) is 4.18. The van der Waals surface area contributed by atoms with Gasteiger partial charge in [0, 0.05) is 36.5 Å². The number of carbonyl (C=O) groups is 1. The van der Waals surface area contributed by atoms with Gasteiger partial charge in [-0.15, -0.1) is 0 Å². The van der Waals surface area contributed by atoms with Crippen LogP contribution in [-0.4, -0.2) is 33.4 Å². The summed E-state index contributed by atoms with van der Waals surface area (Å²) in [5.41, 5.74) is 3.84. The minimum Gasteiger partial charge on any atom is -0.354 e. The molecule has 152 valence electrons. The van der Waals surface area contributed by atoms with Crippen molar-refractivity contribution < 1.29 is 4.79 Å². The van der Waals surface area contributed by atoms with E-state index in [0.717, 1.165) is 51.9 Å². The van der Waals surface area contributed by atoms with Crippen molar-refractivity contribution in [1.82, 2.24) is 19.7 Å². The molecular formula is C23H22BrN5O. The number of hydrogen-bond donors (Lipinski definition) is 1. The summed E-state index contributed by atoms with van der Waals surface area (Å²) in [6.45, 7) is 2.09. The van der Waals surface area contributed by atoms with E-state index in [1.54, 1.807) is 6.20 Å². The summed E-state index contributed by atoms with van der Waals surface area (Å²) in [4.78, 5) is 24.4. The van der Waals surface area contributed by atoms with E-state index < -0.39 is 0 Å². The highest BCUT2D eigenvalue weighted by atomic mass is 79.9. The Morgan fingerprint density at radius 1 is 1.17 bits per heavy atom. The van der Waals surface area contributed by atoms with Gasteiger partial charge in [0.1, 0.15) is 0 Å². The lowest BCUT2D eigenvalue weighted by Gasteiger charge is -2.33. The van der Waals surface area contributed by atoms with E-state index in [2.05, 4.69) is 41.6 Å². The van der Waals surface area contributed by atoms with Gasteiger partial charge in [-0.3, -0.25) is 4.79 Å². The molecule has 30 heavy (non-hydrogen) atoms. The summed E-state index contributed by atoms with van der Waals surface area (Å²) in [5.74, 6) is 0.947. The lowest BCUT2D eigenvalue weighted by Crippen LogP contribution is -2.43. The van der Waals surface area contributed by atoms with Crippen LogP contribution in [0.3, 0.4) is 0 Å². The third kappa shape index (κ3) is 3.65. The van der Waals surface area contributed by atoms with E-state index in [1.165, 1.54) is 0 Å². The standard InChI is InChI=1S/C23H22BrN5O/c24-18-7-1-5-16(13-18)14-26-23(30)17-6-3-11-28(15-17)22-20-9-4-12-29(20)19-8-2-10-25-21(19)27-22/h1-2,4-5,7-10,12-13,17H,3,6,11,14-15H2,(H,26,30)/t17-/m0/s1. The molecule has 1 saturated heterocycles. The number of fused-ring (bicyclic) bond motifs is 3. The lowest BCUT2D eigenvalue weighted by molar-refractivity contribution is -0.125. The van der Waals surface area contributed by atoms with E-state index in [1.807, 2.05) is 48.7 Å². The van der Waals surface area contributed by atoms with E-state index in [0.29, 0.717) is 13.1 Å². The number of carbonyl (C=O) groups excluding carboxylic acids is 1. The Morgan fingerprint density at radius 2 is 2.07 bits per heavy atom. The number of nitrogens with zero attached hydrogens (tertiary/aromatic N) is 4. The zero-order chi connectivity index (χ0) is 20.5. The number of pyridine rings is 1. The van der Waals surface area contributed by atoms with Crippen LogP contribution >= 0.6 is 15.9 Å². The summed E-state index contributed by atoms with van der Waals surface area (Å²) >= 11 is 3.48. The molecule has 3 aromatic heterocycles. The SMILES string of the molecule is O=C(NCc1cccc(Br)c1)[C@H]1CCCN(c2nc3ncccc3n3cccc23)C1. The highest BCUT2D eigenvalue weighted by Gasteiger charge is 2.28. The number of rotatable bonds is 4. The summed E-state index contributed by atoms with van der Waals surface area (Å²) in [6.07, 6.45) is 5.66. The van der Waals surface area contributed by atoms with Crippen molar-refractivity contribution in [3.8, 4) is 0 Å². The first-order valence-corrected chi connectivity index (χ1v) is 11.0. The number of halogens is 1. The second-order valence-electron chi connectivity index (χ2n) is 7.68. The number of benzene rings is 1. The molecule has 0 saturated carbocycles. The molecule has 1 aromatic carbocycles. The molecule has 0 bridgehead atoms. The van der Waals surface area contributed by atoms with Gasteiger partial charge in [-0.05, 0) is 54.8 Å². The number of hydrogen-bond acceptors (Lipinski definition) is 4. The van der Waals surface area contributed by atoms with Crippen LogP contribution in [0.5, 0.6) is 0 Å². The fourth-order valence-corrected chi connectivity index (χ4v) is 4.64. The minimum absolute atomic E-state index is 0.0536. The third-order valence-corrected chi connectivity index (χ3v) is 6.16. The highest BCUT2D eigenvalue weighted by Crippen LogP contribution is 2.28. The highest BCUT2D eigenvalue weighted by molar-refractivity contribution is 9.10. The van der Waals surface area contributed by atoms with Crippen molar-refractivity contribution >= 4 is 44.3 Å². The molecule has 1 fully saturated rings. The van der Waals surface area contributed by atoms with Crippen molar-refractivity contribution in [2.75, 3.05) is 18.0 Å². The molecule has 0 radical (unpaired) electrons. The first kappa shape index (κ1) is 19.1. The number of aromatic nitrogens is 3. The smallest absolute Gasteiger partial charge is 0.225 e. The Hall–Kier alpha value is -2.93. The topological polar surface area (TPSA) is 62.5 Å². The normalized spacial score (nSPS) is 16.8. The Kier molecular flexibility index (Phi) is 5.12. The van der Waals surface area contributed by atoms with Gasteiger partial charge in [-0.25, -0.2) is 9.97 Å². The minimum atomic E-state index is -0.0536. The molecule has 0 aliphatic carbocycles. The Labute approximate surface area is 183 Å². The van der Waals surface area contributed by atoms with Crippen LogP contribution in [0.2, 0.25) is 0 Å². The maximum Gasteiger partial charge on any atom is 0.225 e. The molecule has 1 N–H and O–H groups in total. The average molecular weight is 464 g/mol. The predicted molar refractivity (Wildman–Crippen MR) is 121 cm³/mol. The van der Waals surface area contributed by atoms with Gasteiger partial charge in [0.05, 0.1) is 17.0 Å². The first-order valence-electron chi connectivity index (χ1n) is 10.2. The maximum atomic E-state index is 12.9. The van der Waals surface area contributed by atoms with Crippen molar-refractivity contribution in [3.63, 3.8) is 0 Å². The van der Waals surface area contributed by atoms with Gasteiger partial charge in [0.2, 0.25) is 5.91 Å². The van der Waals surface area contributed by atoms with Gasteiger partial charge >= 0.3 is 0 Å². The quantitative estimate of drug-likeness (QED) is 0.493. The van der Waals surface area contributed by atoms with Crippen LogP contribution in [-0.2, 0) is 11.3 Å². The number of anilines is 1. The van der Waals surface area contributed by atoms with Crippen LogP contribution in [0.4, 0.5) is 5.82 Å². The molecule has 1 amide bonds. The molecule has 0 unspecified atom stereocenters. The van der Waals surface area contributed by atoms with Crippen LogP contribution < -0.4 is 10.2 Å². The van der Waals surface area contributed by atoms with Crippen molar-refractivity contribution in [2.24, 2.45) is 5.92 Å². The molecule has 5 rings (SSSR count). The average Bonchev–Trinajstić information content (AvgIpc) is 3.27. The molecule has 6 nitrogen and oxygen atoms in total. The second-order valence-corrected chi connectivity index (χ2v) is 8.59. The zero-order valence-electron chi connectivity index (χ0n) is 16.5. The van der Waals surface area contributed by atoms with Crippen LogP contribution in [0, 0.1) is 5.92 Å². The van der Waals surface area contributed by atoms with Crippen molar-refractivity contribution in [1.29, 1.82) is 0 Å². The number of nitrogens with one attached hydrogen (secondary N) is 1. The van der Waals surface area contributed by atoms with Crippen molar-refractivity contribution in [3.05, 3.63) is 71.0 Å². The van der Waals surface area contributed by atoms with Crippen LogP contribution in [0.1, 0.15) is 18.4 Å². The molecule has 1 aliphatic heterocycles. The summed E-state index contributed by atoms with van der Waals surface area (Å²) in [5, 5.41) is 3.11. The van der Waals surface area contributed by atoms with Gasteiger partial charge < -0.3 is 14.6 Å². The Balaban J connectivity index is 1.36. The first-order chi connectivity index (χ1) is 14.7. The molecular weight excluding hydrogens is 442 g/mol. The van der Waals surface area contributed by atoms with Gasteiger partial charge in [0.25, 0.3) is 0 Å². The van der Waals surface area contributed by atoms with Crippen LogP contribution in [0.25, 0.3) is 16.7 Å². The van der Waals surface area contributed by atoms with E-state index >= 15 is 0 Å². The number of piperidine rings is 1. The summed E-state index contributed by atoms with van der Waals surface area (Å²) in [7, 11) is 0. The van der Waals surface area contributed by atoms with E-state index in [9.17, 15) is 4.79 Å².